The molecular weight excluding hydrogens is 1240 g/mol. The van der Waals surface area contributed by atoms with Crippen LogP contribution in [0.25, 0.3) is 11.6 Å². The molecule has 12 N–H and O–H groups in total. The number of nitro groups is 2. The number of aromatic hydroxyl groups is 5. The third-order valence-corrected chi connectivity index (χ3v) is 7.61. The van der Waals surface area contributed by atoms with E-state index in [1.807, 2.05) is 18.2 Å². The third-order valence-electron chi connectivity index (χ3n) is 7.22. The minimum absolute atomic E-state index is 0. The van der Waals surface area contributed by atoms with Crippen LogP contribution < -0.4 is 57.4 Å². The van der Waals surface area contributed by atoms with Gasteiger partial charge in [-0.25, -0.2) is 29.9 Å². The number of hydrogen-bond donors (Lipinski definition) is 9. The molecule has 0 fully saturated rings. The Morgan fingerprint density at radius 1 is 0.723 bits per heavy atom. The standard InChI is InChI=1S/C13H8N4O4.C7H5NO5.C6H3Cl2N3.C6H7N3O3.C6H5N3.C3H6N2O2.C2H5O.CH4.Cl3OP.Na/c14-7-9(13-15-2-1-3-16-13)4-8-5-10(17(20)21)12(19)11(18)6-8;9-3-4-1-5(8(12)13)7(11)6(10)2-4;7-4-3-5(8)11-6(10-4)1-2-9;7-3(10)1-4-8-5(11)2-6(12)9-4;7-3-2-6-8-4-1-5-9-6;4-2(6)1-3(5)7;1-2-3;;1-5(2,3)4;/h1-6,18-19H;1-3,10-11H;3H,1H2;2H,1H2,(H2,7,10)(H2,8,9,11,12);1,4-5H,2H2;1H2,(H2,4,6)(H2,5,7);2H2,1H3;1H4;;/q;;;;;;-1;;;+1/b9-4+;;;;;;;;;. The van der Waals surface area contributed by atoms with Crippen LogP contribution in [0.1, 0.15) is 60.0 Å². The quantitative estimate of drug-likeness (QED) is 0.0103. The van der Waals surface area contributed by atoms with Crippen molar-refractivity contribution in [2.75, 3.05) is 6.61 Å². The van der Waals surface area contributed by atoms with Crippen molar-refractivity contribution in [3.05, 3.63) is 149 Å². The smallest absolute Gasteiger partial charge is 0.855 e. The van der Waals surface area contributed by atoms with Crippen LogP contribution in [0.5, 0.6) is 28.9 Å². The number of carbonyl (C=O) groups is 4. The van der Waals surface area contributed by atoms with Crippen molar-refractivity contribution in [3.63, 3.8) is 0 Å². The number of allylic oxidation sites excluding steroid dienone is 1. The number of aromatic amines is 1. The molecule has 4 heterocycles. The Bertz CT molecular complexity index is 3330. The number of aldehydes is 1. The maximum absolute atomic E-state index is 10.8. The number of phenolic OH excluding ortho intramolecular Hbond substituents is 4. The number of halogens is 5. The summed E-state index contributed by atoms with van der Waals surface area (Å²) in [5.74, 6) is -4.27. The number of nitrogens with one attached hydrogen (secondary N) is 1. The number of nitro benzene ring substituents is 2. The first-order chi connectivity index (χ1) is 37.8. The van der Waals surface area contributed by atoms with Crippen molar-refractivity contribution in [2.45, 2.75) is 40.0 Å². The summed E-state index contributed by atoms with van der Waals surface area (Å²) in [6.07, 6.45) is 7.63. The number of aromatic nitrogens is 8. The van der Waals surface area contributed by atoms with Crippen molar-refractivity contribution in [1.82, 2.24) is 39.9 Å². The van der Waals surface area contributed by atoms with E-state index in [0.717, 1.165) is 30.3 Å². The molecule has 6 aromatic rings. The molecule has 436 valence electrons. The van der Waals surface area contributed by atoms with Gasteiger partial charge in [0.05, 0.1) is 52.9 Å². The molecule has 4 aromatic heterocycles. The predicted molar refractivity (Wildman–Crippen MR) is 291 cm³/mol. The fraction of sp³-hybridized carbons (Fsp3) is 0.159. The molecule has 0 aliphatic rings. The van der Waals surface area contributed by atoms with Gasteiger partial charge in [0.15, 0.2) is 17.3 Å². The number of amides is 3. The van der Waals surface area contributed by atoms with Gasteiger partial charge in [-0.3, -0.25) is 48.8 Å². The topological polar surface area (TPSA) is 568 Å². The summed E-state index contributed by atoms with van der Waals surface area (Å²) in [7, 11) is 0. The van der Waals surface area contributed by atoms with Crippen molar-refractivity contribution < 1.29 is 93.8 Å². The first-order valence-electron chi connectivity index (χ1n) is 20.7. The number of rotatable bonds is 11. The van der Waals surface area contributed by atoms with Crippen LogP contribution in [0.15, 0.2) is 78.1 Å². The molecule has 0 bridgehead atoms. The van der Waals surface area contributed by atoms with E-state index >= 15 is 0 Å². The van der Waals surface area contributed by atoms with Gasteiger partial charge in [-0.2, -0.15) is 20.8 Å². The van der Waals surface area contributed by atoms with Crippen LogP contribution in [0.4, 0.5) is 11.4 Å². The van der Waals surface area contributed by atoms with Crippen molar-refractivity contribution in [1.29, 1.82) is 15.8 Å². The van der Waals surface area contributed by atoms with Gasteiger partial charge in [0, 0.05) is 48.5 Å². The number of H-pyrrole nitrogens is 1. The normalized spacial score (nSPS) is 9.37. The van der Waals surface area contributed by atoms with E-state index in [2.05, 4.69) is 85.1 Å². The second-order valence-corrected chi connectivity index (χ2v) is 20.9. The Morgan fingerprint density at radius 3 is 1.49 bits per heavy atom. The number of carbonyl (C=O) groups excluding carboxylic acids is 4. The summed E-state index contributed by atoms with van der Waals surface area (Å²) in [6.45, 7) is 1.57. The van der Waals surface area contributed by atoms with E-state index in [-0.39, 0.29) is 102 Å². The fourth-order valence-corrected chi connectivity index (χ4v) is 4.88. The van der Waals surface area contributed by atoms with Gasteiger partial charge >= 0.3 is 46.1 Å². The summed E-state index contributed by atoms with van der Waals surface area (Å²) in [5.41, 5.74) is 12.2. The zero-order valence-corrected chi connectivity index (χ0v) is 48.5. The van der Waals surface area contributed by atoms with Gasteiger partial charge < -0.3 is 52.8 Å². The number of hydrogen-bond acceptors (Lipinski definition) is 26. The van der Waals surface area contributed by atoms with Crippen LogP contribution >= 0.6 is 62.1 Å². The molecule has 0 unspecified atom stereocenters. The molecule has 0 saturated carbocycles. The minimum Gasteiger partial charge on any atom is -0.855 e. The zero-order valence-electron chi connectivity index (χ0n) is 41.8. The maximum Gasteiger partial charge on any atom is 1.00 e. The van der Waals surface area contributed by atoms with Crippen molar-refractivity contribution in [3.8, 4) is 47.1 Å². The van der Waals surface area contributed by atoms with Crippen LogP contribution in [0.2, 0.25) is 10.3 Å². The molecule has 3 amide bonds. The number of nitriles is 3. The SMILES string of the molecule is C.CC[O-].N#C/C(=C\c1cc(O)c(O)c([N+](=O)[O-])c1)c1ncccn1.N#CCc1nc(Cl)cc(Cl)n1.N#CCc1ncccn1.NC(=O)CC(N)=O.NC(=O)Cc1nc(O)cc(=O)[nH]1.O=Cc1cc(O)c(O)c([N+](=O)[O-])c1.O=P(Cl)(Cl)Cl.[Na+]. The molecule has 0 spiro atoms. The van der Waals surface area contributed by atoms with Gasteiger partial charge in [-0.05, 0) is 69.6 Å². The largest absolute Gasteiger partial charge is 1.00 e. The van der Waals surface area contributed by atoms with Gasteiger partial charge in [0.25, 0.3) is 5.56 Å². The Morgan fingerprint density at radius 2 is 1.13 bits per heavy atom. The van der Waals surface area contributed by atoms with Crippen LogP contribution in [-0.2, 0) is 38.2 Å². The molecule has 6 rings (SSSR count). The monoisotopic (exact) mass is 1280 g/mol. The van der Waals surface area contributed by atoms with Crippen LogP contribution in [-0.4, -0.2) is 106 Å². The molecule has 0 radical (unpaired) electrons. The number of phenols is 4. The molecule has 0 saturated heterocycles. The van der Waals surface area contributed by atoms with Gasteiger partial charge in [-0.1, -0.05) is 37.6 Å². The summed E-state index contributed by atoms with van der Waals surface area (Å²) in [5, 5.41) is 98.5. The third kappa shape index (κ3) is 39.4. The average Bonchev–Trinajstić information content (AvgIpc) is 3.35. The fourth-order valence-electron chi connectivity index (χ4n) is 4.42. The predicted octanol–water partition coefficient (Wildman–Crippen LogP) is 1.74. The Labute approximate surface area is 514 Å². The van der Waals surface area contributed by atoms with E-state index in [1.54, 1.807) is 31.5 Å². The number of benzene rings is 2. The molecule has 39 heteroatoms. The van der Waals surface area contributed by atoms with E-state index in [9.17, 15) is 59.0 Å². The number of nitrogens with zero attached hydrogens (tertiary/aromatic N) is 12. The van der Waals surface area contributed by atoms with E-state index in [0.29, 0.717) is 24.4 Å². The maximum atomic E-state index is 10.8. The number of primary amides is 3. The molecule has 0 aliphatic carbocycles. The summed E-state index contributed by atoms with van der Waals surface area (Å²) in [6, 6.07) is 15.3. The van der Waals surface area contributed by atoms with E-state index < -0.39 is 78.6 Å². The van der Waals surface area contributed by atoms with E-state index in [1.165, 1.54) is 24.5 Å². The van der Waals surface area contributed by atoms with Crippen molar-refractivity contribution in [2.24, 2.45) is 17.2 Å². The molecular formula is C44H43Cl5N16NaO16P. The summed E-state index contributed by atoms with van der Waals surface area (Å²) >= 11 is 24.9. The molecule has 2 aromatic carbocycles. The molecule has 0 atom stereocenters. The molecule has 0 aliphatic heterocycles. The number of nitrogens with two attached hydrogens (primary N) is 3. The first kappa shape index (κ1) is 80.8. The molecule has 83 heavy (non-hydrogen) atoms. The van der Waals surface area contributed by atoms with Crippen molar-refractivity contribution >= 4 is 109 Å². The minimum atomic E-state index is -3.22. The second-order valence-electron chi connectivity index (χ2n) is 13.4. The average molecular weight is 1280 g/mol. The van der Waals surface area contributed by atoms with Gasteiger partial charge in [-0.15, -0.1) is 6.61 Å². The Kier molecular flexibility index (Phi) is 42.8. The second kappa shape index (κ2) is 44.0. The first-order valence-corrected chi connectivity index (χ1v) is 25.9. The van der Waals surface area contributed by atoms with Crippen LogP contribution in [0.3, 0.4) is 0 Å². The summed E-state index contributed by atoms with van der Waals surface area (Å²) in [4.78, 5) is 98.8. The van der Waals surface area contributed by atoms with Crippen LogP contribution in [0, 0.1) is 54.2 Å². The van der Waals surface area contributed by atoms with Gasteiger partial charge in [0.2, 0.25) is 35.1 Å². The summed E-state index contributed by atoms with van der Waals surface area (Å²) < 4.78 is 9.51. The molecule has 32 nitrogen and oxygen atoms in total. The van der Waals surface area contributed by atoms with E-state index in [4.69, 9.17) is 65.1 Å². The van der Waals surface area contributed by atoms with Gasteiger partial charge in [0.1, 0.15) is 46.6 Å². The zero-order chi connectivity index (χ0) is 62.4. The Balaban J connectivity index is -0.000000450. The Hall–Kier alpha value is -8.71.